The van der Waals surface area contributed by atoms with Gasteiger partial charge in [0.1, 0.15) is 23.7 Å². The van der Waals surface area contributed by atoms with E-state index in [1.165, 1.54) is 12.4 Å². The Bertz CT molecular complexity index is 533. The van der Waals surface area contributed by atoms with Crippen LogP contribution in [0.25, 0.3) is 0 Å². The average Bonchev–Trinajstić information content (AvgIpc) is 2.76. The lowest BCUT2D eigenvalue weighted by Crippen LogP contribution is -2.27. The van der Waals surface area contributed by atoms with Gasteiger partial charge in [-0.25, -0.2) is 9.97 Å². The Balaban J connectivity index is 1.85. The molecule has 2 heterocycles. The van der Waals surface area contributed by atoms with Gasteiger partial charge in [-0.15, -0.1) is 10.2 Å². The number of carbonyl (C=O) groups excluding carboxylic acids is 1. The maximum absolute atomic E-state index is 11.7. The molecular weight excluding hydrogens is 234 g/mol. The lowest BCUT2D eigenvalue weighted by molar-refractivity contribution is 0.0948. The highest BCUT2D eigenvalue weighted by atomic mass is 16.1. The minimum absolute atomic E-state index is 0.238. The fourth-order valence-corrected chi connectivity index (χ4v) is 1.37. The Labute approximate surface area is 103 Å². The minimum atomic E-state index is -0.287. The van der Waals surface area contributed by atoms with Crippen LogP contribution in [0.5, 0.6) is 0 Å². The van der Waals surface area contributed by atoms with Gasteiger partial charge in [-0.05, 0) is 0 Å². The van der Waals surface area contributed by atoms with Gasteiger partial charge in [0.15, 0.2) is 0 Å². The molecule has 18 heavy (non-hydrogen) atoms. The zero-order chi connectivity index (χ0) is 13.0. The summed E-state index contributed by atoms with van der Waals surface area (Å²) < 4.78 is 1.80. The van der Waals surface area contributed by atoms with Crippen molar-refractivity contribution in [3.8, 4) is 0 Å². The molecule has 2 rings (SSSR count). The summed E-state index contributed by atoms with van der Waals surface area (Å²) in [6.45, 7) is 0.456. The summed E-state index contributed by atoms with van der Waals surface area (Å²) in [6.07, 6.45) is 4.90. The van der Waals surface area contributed by atoms with Gasteiger partial charge in [0.25, 0.3) is 5.91 Å². The quantitative estimate of drug-likeness (QED) is 0.728. The smallest absolute Gasteiger partial charge is 0.271 e. The fourth-order valence-electron chi connectivity index (χ4n) is 1.37. The normalized spacial score (nSPS) is 10.3. The van der Waals surface area contributed by atoms with Gasteiger partial charge in [-0.2, -0.15) is 0 Å². The monoisotopic (exact) mass is 247 g/mol. The van der Waals surface area contributed by atoms with E-state index in [9.17, 15) is 4.79 Å². The van der Waals surface area contributed by atoms with Crippen LogP contribution in [0.3, 0.4) is 0 Å². The van der Waals surface area contributed by atoms with E-state index in [0.717, 1.165) is 5.82 Å². The first kappa shape index (κ1) is 12.0. The number of hydrogen-bond acceptors (Lipinski definition) is 6. The van der Waals surface area contributed by atoms with Crippen LogP contribution in [-0.4, -0.2) is 37.2 Å². The van der Waals surface area contributed by atoms with Crippen molar-refractivity contribution in [2.24, 2.45) is 7.05 Å². The molecule has 0 atom stereocenters. The van der Waals surface area contributed by atoms with Gasteiger partial charge in [0, 0.05) is 20.0 Å². The number of aryl methyl sites for hydroxylation is 1. The zero-order valence-electron chi connectivity index (χ0n) is 9.87. The van der Waals surface area contributed by atoms with Crippen LogP contribution in [0.2, 0.25) is 0 Å². The van der Waals surface area contributed by atoms with Crippen LogP contribution in [-0.2, 0) is 13.5 Å². The molecule has 0 aromatic carbocycles. The van der Waals surface area contributed by atoms with E-state index in [4.69, 9.17) is 5.73 Å². The number of nitrogens with two attached hydrogens (primary N) is 1. The minimum Gasteiger partial charge on any atom is -0.382 e. The van der Waals surface area contributed by atoms with Crippen molar-refractivity contribution in [1.29, 1.82) is 0 Å². The molecule has 0 fully saturated rings. The molecule has 0 unspecified atom stereocenters. The van der Waals surface area contributed by atoms with Crippen LogP contribution in [0.4, 0.5) is 5.82 Å². The van der Waals surface area contributed by atoms with Crippen LogP contribution < -0.4 is 11.1 Å². The Morgan fingerprint density at radius 3 is 2.89 bits per heavy atom. The molecule has 1 amide bonds. The van der Waals surface area contributed by atoms with Gasteiger partial charge in [-0.3, -0.25) is 4.79 Å². The van der Waals surface area contributed by atoms with E-state index >= 15 is 0 Å². The van der Waals surface area contributed by atoms with Gasteiger partial charge >= 0.3 is 0 Å². The summed E-state index contributed by atoms with van der Waals surface area (Å²) in [4.78, 5) is 19.4. The van der Waals surface area contributed by atoms with Gasteiger partial charge in [-0.1, -0.05) is 0 Å². The number of hydrogen-bond donors (Lipinski definition) is 2. The molecule has 2 aromatic heterocycles. The second kappa shape index (κ2) is 5.21. The highest BCUT2D eigenvalue weighted by Crippen LogP contribution is 1.96. The summed E-state index contributed by atoms with van der Waals surface area (Å²) in [5.74, 6) is 0.800. The van der Waals surface area contributed by atoms with E-state index in [1.54, 1.807) is 10.9 Å². The van der Waals surface area contributed by atoms with Crippen molar-refractivity contribution in [2.45, 2.75) is 6.42 Å². The highest BCUT2D eigenvalue weighted by molar-refractivity contribution is 5.91. The van der Waals surface area contributed by atoms with Crippen molar-refractivity contribution >= 4 is 11.7 Å². The first-order valence-corrected chi connectivity index (χ1v) is 5.35. The van der Waals surface area contributed by atoms with E-state index in [-0.39, 0.29) is 17.4 Å². The van der Waals surface area contributed by atoms with Gasteiger partial charge in [0.05, 0.1) is 12.4 Å². The molecule has 94 valence electrons. The molecule has 8 nitrogen and oxygen atoms in total. The summed E-state index contributed by atoms with van der Waals surface area (Å²) >= 11 is 0. The number of anilines is 1. The Morgan fingerprint density at radius 1 is 1.44 bits per heavy atom. The molecule has 2 aromatic rings. The molecule has 0 spiro atoms. The summed E-state index contributed by atoms with van der Waals surface area (Å²) in [5, 5.41) is 10.4. The van der Waals surface area contributed by atoms with E-state index < -0.39 is 0 Å². The summed E-state index contributed by atoms with van der Waals surface area (Å²) in [6, 6.07) is 0. The number of rotatable bonds is 4. The summed E-state index contributed by atoms with van der Waals surface area (Å²) in [7, 11) is 1.85. The molecule has 0 saturated carbocycles. The first-order valence-electron chi connectivity index (χ1n) is 5.35. The van der Waals surface area contributed by atoms with E-state index in [2.05, 4.69) is 25.5 Å². The lowest BCUT2D eigenvalue weighted by atomic mass is 10.3. The second-order valence-electron chi connectivity index (χ2n) is 3.69. The highest BCUT2D eigenvalue weighted by Gasteiger charge is 2.07. The predicted octanol–water partition coefficient (Wildman–Crippen LogP) is -0.840. The Hall–Kier alpha value is -2.51. The lowest BCUT2D eigenvalue weighted by Gasteiger charge is -2.04. The molecular formula is C10H13N7O. The maximum atomic E-state index is 11.7. The number of amides is 1. The van der Waals surface area contributed by atoms with Gasteiger partial charge in [0.2, 0.25) is 0 Å². The SMILES string of the molecule is Cn1cnnc1CCNC(=O)c1cnc(N)cn1. The second-order valence-corrected chi connectivity index (χ2v) is 3.69. The number of nitrogens with one attached hydrogen (secondary N) is 1. The third-order valence-corrected chi connectivity index (χ3v) is 2.34. The zero-order valence-corrected chi connectivity index (χ0v) is 9.87. The number of aromatic nitrogens is 5. The maximum Gasteiger partial charge on any atom is 0.271 e. The topological polar surface area (TPSA) is 112 Å². The third kappa shape index (κ3) is 2.78. The van der Waals surface area contributed by atoms with E-state index in [0.29, 0.717) is 13.0 Å². The van der Waals surface area contributed by atoms with Crippen LogP contribution in [0, 0.1) is 0 Å². The third-order valence-electron chi connectivity index (χ3n) is 2.34. The molecule has 0 aliphatic rings. The fraction of sp³-hybridized carbons (Fsp3) is 0.300. The van der Waals surface area contributed by atoms with Crippen molar-refractivity contribution < 1.29 is 4.79 Å². The first-order chi connectivity index (χ1) is 8.66. The number of carbonyl (C=O) groups is 1. The standard InChI is InChI=1S/C10H13N7O/c1-17-6-15-16-9(17)2-3-12-10(18)7-4-14-8(11)5-13-7/h4-6H,2-3H2,1H3,(H2,11,14)(H,12,18). The van der Waals surface area contributed by atoms with Crippen molar-refractivity contribution in [3.63, 3.8) is 0 Å². The van der Waals surface area contributed by atoms with Crippen molar-refractivity contribution in [1.82, 2.24) is 30.0 Å². The summed E-state index contributed by atoms with van der Waals surface area (Å²) in [5.41, 5.74) is 5.62. The Kier molecular flexibility index (Phi) is 3.46. The van der Waals surface area contributed by atoms with Crippen LogP contribution in [0.1, 0.15) is 16.3 Å². The largest absolute Gasteiger partial charge is 0.382 e. The van der Waals surface area contributed by atoms with Crippen LogP contribution in [0.15, 0.2) is 18.7 Å². The van der Waals surface area contributed by atoms with E-state index in [1.807, 2.05) is 7.05 Å². The van der Waals surface area contributed by atoms with Gasteiger partial charge < -0.3 is 15.6 Å². The van der Waals surface area contributed by atoms with Crippen molar-refractivity contribution in [3.05, 3.63) is 30.2 Å². The molecule has 0 aliphatic carbocycles. The molecule has 0 radical (unpaired) electrons. The molecule has 8 heteroatoms. The molecule has 0 aliphatic heterocycles. The molecule has 0 bridgehead atoms. The molecule has 0 saturated heterocycles. The van der Waals surface area contributed by atoms with Crippen LogP contribution >= 0.6 is 0 Å². The number of nitrogen functional groups attached to an aromatic ring is 1. The molecule has 3 N–H and O–H groups in total. The Morgan fingerprint density at radius 2 is 2.28 bits per heavy atom. The number of nitrogens with zero attached hydrogens (tertiary/aromatic N) is 5. The average molecular weight is 247 g/mol. The predicted molar refractivity (Wildman–Crippen MR) is 63.5 cm³/mol. The van der Waals surface area contributed by atoms with Crippen molar-refractivity contribution in [2.75, 3.05) is 12.3 Å².